The van der Waals surface area contributed by atoms with Crippen LogP contribution in [0.25, 0.3) is 0 Å². The number of rotatable bonds is 2. The Bertz CT molecular complexity index is 260. The van der Waals surface area contributed by atoms with Gasteiger partial charge in [0.15, 0.2) is 0 Å². The molecule has 0 radical (unpaired) electrons. The van der Waals surface area contributed by atoms with Gasteiger partial charge in [0.1, 0.15) is 6.10 Å². The molecule has 1 rings (SSSR count). The summed E-state index contributed by atoms with van der Waals surface area (Å²) in [5, 5.41) is 9.53. The first-order valence-corrected chi connectivity index (χ1v) is 3.98. The fourth-order valence-electron chi connectivity index (χ4n) is 0.998. The smallest absolute Gasteiger partial charge is 0.111 e. The first-order valence-electron chi connectivity index (χ1n) is 3.98. The summed E-state index contributed by atoms with van der Waals surface area (Å²) in [6, 6.07) is 5.25. The van der Waals surface area contributed by atoms with E-state index in [0.717, 1.165) is 5.69 Å². The Morgan fingerprint density at radius 1 is 1.50 bits per heavy atom. The Morgan fingerprint density at radius 2 is 2.17 bits per heavy atom. The molecule has 0 bridgehead atoms. The van der Waals surface area contributed by atoms with E-state index in [-0.39, 0.29) is 6.04 Å². The zero-order valence-electron chi connectivity index (χ0n) is 7.36. The SMILES string of the molecule is Cc1cccc([C@@H](O)[C@H](C)N)n1. The second-order valence-electron chi connectivity index (χ2n) is 3.01. The minimum absolute atomic E-state index is 0.278. The van der Waals surface area contributed by atoms with Gasteiger partial charge in [-0.2, -0.15) is 0 Å². The second kappa shape index (κ2) is 3.65. The van der Waals surface area contributed by atoms with Crippen molar-refractivity contribution in [1.82, 2.24) is 4.98 Å². The van der Waals surface area contributed by atoms with Gasteiger partial charge in [0, 0.05) is 11.7 Å². The molecule has 3 N–H and O–H groups in total. The van der Waals surface area contributed by atoms with Crippen molar-refractivity contribution in [3.05, 3.63) is 29.6 Å². The van der Waals surface area contributed by atoms with Crippen molar-refractivity contribution in [1.29, 1.82) is 0 Å². The summed E-state index contributed by atoms with van der Waals surface area (Å²) in [6.45, 7) is 3.64. The van der Waals surface area contributed by atoms with Crippen LogP contribution in [0.5, 0.6) is 0 Å². The molecule has 0 amide bonds. The first-order chi connectivity index (χ1) is 5.61. The van der Waals surface area contributed by atoms with Crippen LogP contribution in [-0.4, -0.2) is 16.1 Å². The molecule has 0 unspecified atom stereocenters. The maximum atomic E-state index is 9.53. The number of aryl methyl sites for hydroxylation is 1. The van der Waals surface area contributed by atoms with Crippen LogP contribution in [0, 0.1) is 6.92 Å². The lowest BCUT2D eigenvalue weighted by molar-refractivity contribution is 0.148. The fraction of sp³-hybridized carbons (Fsp3) is 0.444. The van der Waals surface area contributed by atoms with Crippen LogP contribution in [0.3, 0.4) is 0 Å². The Balaban J connectivity index is 2.88. The van der Waals surface area contributed by atoms with E-state index in [1.165, 1.54) is 0 Å². The van der Waals surface area contributed by atoms with Crippen molar-refractivity contribution in [2.45, 2.75) is 26.0 Å². The van der Waals surface area contributed by atoms with Crippen LogP contribution in [0.1, 0.15) is 24.4 Å². The molecule has 66 valence electrons. The molecule has 0 aliphatic rings. The monoisotopic (exact) mass is 166 g/mol. The quantitative estimate of drug-likeness (QED) is 0.682. The molecule has 3 heteroatoms. The lowest BCUT2D eigenvalue weighted by Gasteiger charge is -2.13. The number of aromatic nitrogens is 1. The van der Waals surface area contributed by atoms with Gasteiger partial charge in [0.25, 0.3) is 0 Å². The molecule has 3 nitrogen and oxygen atoms in total. The van der Waals surface area contributed by atoms with E-state index in [1.54, 1.807) is 13.0 Å². The van der Waals surface area contributed by atoms with Crippen molar-refractivity contribution in [2.24, 2.45) is 5.73 Å². The van der Waals surface area contributed by atoms with Crippen molar-refractivity contribution in [2.75, 3.05) is 0 Å². The fourth-order valence-corrected chi connectivity index (χ4v) is 0.998. The van der Waals surface area contributed by atoms with Crippen molar-refractivity contribution in [3.63, 3.8) is 0 Å². The van der Waals surface area contributed by atoms with Gasteiger partial charge in [-0.1, -0.05) is 6.07 Å². The average Bonchev–Trinajstić information content (AvgIpc) is 2.03. The maximum Gasteiger partial charge on any atom is 0.111 e. The number of hydrogen-bond acceptors (Lipinski definition) is 3. The van der Waals surface area contributed by atoms with E-state index in [0.29, 0.717) is 5.69 Å². The molecule has 0 aromatic carbocycles. The largest absolute Gasteiger partial charge is 0.385 e. The number of aliphatic hydroxyl groups is 1. The third-order valence-corrected chi connectivity index (χ3v) is 1.71. The van der Waals surface area contributed by atoms with E-state index in [4.69, 9.17) is 5.73 Å². The standard InChI is InChI=1S/C9H14N2O/c1-6-4-3-5-8(11-6)9(12)7(2)10/h3-5,7,9,12H,10H2,1-2H3/t7-,9-/m0/s1. The molecule has 1 aromatic rings. The summed E-state index contributed by atoms with van der Waals surface area (Å²) in [5.41, 5.74) is 7.07. The number of nitrogens with zero attached hydrogens (tertiary/aromatic N) is 1. The lowest BCUT2D eigenvalue weighted by atomic mass is 10.1. The van der Waals surface area contributed by atoms with Crippen LogP contribution >= 0.6 is 0 Å². The third kappa shape index (κ3) is 2.03. The van der Waals surface area contributed by atoms with Crippen LogP contribution in [0.4, 0.5) is 0 Å². The summed E-state index contributed by atoms with van der Waals surface area (Å²) < 4.78 is 0. The van der Waals surface area contributed by atoms with Crippen LogP contribution in [-0.2, 0) is 0 Å². The van der Waals surface area contributed by atoms with Gasteiger partial charge < -0.3 is 10.8 Å². The summed E-state index contributed by atoms with van der Waals surface area (Å²) in [5.74, 6) is 0. The Kier molecular flexibility index (Phi) is 2.78. The average molecular weight is 166 g/mol. The Hall–Kier alpha value is -0.930. The molecule has 0 saturated carbocycles. The van der Waals surface area contributed by atoms with Gasteiger partial charge in [0.05, 0.1) is 5.69 Å². The molecule has 0 fully saturated rings. The number of nitrogens with two attached hydrogens (primary N) is 1. The van der Waals surface area contributed by atoms with E-state index >= 15 is 0 Å². The van der Waals surface area contributed by atoms with Crippen LogP contribution in [0.2, 0.25) is 0 Å². The highest BCUT2D eigenvalue weighted by Gasteiger charge is 2.12. The lowest BCUT2D eigenvalue weighted by Crippen LogP contribution is -2.25. The molecule has 0 aliphatic carbocycles. The van der Waals surface area contributed by atoms with Crippen molar-refractivity contribution >= 4 is 0 Å². The van der Waals surface area contributed by atoms with Gasteiger partial charge in [-0.25, -0.2) is 0 Å². The van der Waals surface area contributed by atoms with Gasteiger partial charge in [-0.15, -0.1) is 0 Å². The zero-order chi connectivity index (χ0) is 9.14. The summed E-state index contributed by atoms with van der Waals surface area (Å²) in [6.07, 6.45) is -0.662. The predicted octanol–water partition coefficient (Wildman–Crippen LogP) is 0.771. The summed E-state index contributed by atoms with van der Waals surface area (Å²) >= 11 is 0. The molecule has 1 heterocycles. The minimum Gasteiger partial charge on any atom is -0.385 e. The normalized spacial score (nSPS) is 15.7. The molecule has 0 spiro atoms. The number of pyridine rings is 1. The van der Waals surface area contributed by atoms with Gasteiger partial charge in [-0.3, -0.25) is 4.98 Å². The number of hydrogen-bond donors (Lipinski definition) is 2. The number of aliphatic hydroxyl groups excluding tert-OH is 1. The molecular formula is C9H14N2O. The minimum atomic E-state index is -0.662. The van der Waals surface area contributed by atoms with E-state index in [9.17, 15) is 5.11 Å². The molecule has 12 heavy (non-hydrogen) atoms. The van der Waals surface area contributed by atoms with Crippen molar-refractivity contribution < 1.29 is 5.11 Å². The molecule has 0 aliphatic heterocycles. The zero-order valence-corrected chi connectivity index (χ0v) is 7.36. The highest BCUT2D eigenvalue weighted by atomic mass is 16.3. The molecule has 1 aromatic heterocycles. The Labute approximate surface area is 72.2 Å². The van der Waals surface area contributed by atoms with Gasteiger partial charge in [0.2, 0.25) is 0 Å². The maximum absolute atomic E-state index is 9.53. The van der Waals surface area contributed by atoms with Crippen molar-refractivity contribution in [3.8, 4) is 0 Å². The topological polar surface area (TPSA) is 59.1 Å². The molecule has 2 atom stereocenters. The van der Waals surface area contributed by atoms with Crippen LogP contribution in [0.15, 0.2) is 18.2 Å². The Morgan fingerprint density at radius 3 is 2.67 bits per heavy atom. The van der Waals surface area contributed by atoms with Gasteiger partial charge in [-0.05, 0) is 26.0 Å². The molecule has 0 saturated heterocycles. The van der Waals surface area contributed by atoms with E-state index in [1.807, 2.05) is 19.1 Å². The van der Waals surface area contributed by atoms with Crippen LogP contribution < -0.4 is 5.73 Å². The highest BCUT2D eigenvalue weighted by Crippen LogP contribution is 2.12. The van der Waals surface area contributed by atoms with E-state index in [2.05, 4.69) is 4.98 Å². The first kappa shape index (κ1) is 9.16. The predicted molar refractivity (Wildman–Crippen MR) is 47.6 cm³/mol. The third-order valence-electron chi connectivity index (χ3n) is 1.71. The summed E-state index contributed by atoms with van der Waals surface area (Å²) in [4.78, 5) is 4.16. The second-order valence-corrected chi connectivity index (χ2v) is 3.01. The van der Waals surface area contributed by atoms with E-state index < -0.39 is 6.10 Å². The van der Waals surface area contributed by atoms with Gasteiger partial charge >= 0.3 is 0 Å². The summed E-state index contributed by atoms with van der Waals surface area (Å²) in [7, 11) is 0. The highest BCUT2D eigenvalue weighted by molar-refractivity contribution is 5.13. The molecular weight excluding hydrogens is 152 g/mol.